The zero-order valence-corrected chi connectivity index (χ0v) is 13.9. The monoisotopic (exact) mass is 298 g/mol. The number of nitrogens with zero attached hydrogens (tertiary/aromatic N) is 2. The Morgan fingerprint density at radius 2 is 1.70 bits per heavy atom. The molecule has 0 amide bonds. The molecule has 0 heterocycles. The lowest BCUT2D eigenvalue weighted by molar-refractivity contribution is 0.254. The Balaban J connectivity index is 2.54. The van der Waals surface area contributed by atoms with E-state index in [0.29, 0.717) is 6.04 Å². The van der Waals surface area contributed by atoms with E-state index in [1.54, 1.807) is 11.9 Å². The summed E-state index contributed by atoms with van der Waals surface area (Å²) in [6, 6.07) is 7.20. The van der Waals surface area contributed by atoms with Crippen molar-refractivity contribution in [3.63, 3.8) is 0 Å². The lowest BCUT2D eigenvalue weighted by Gasteiger charge is -2.28. The maximum atomic E-state index is 12.9. The van der Waals surface area contributed by atoms with Gasteiger partial charge in [-0.25, -0.2) is 8.70 Å². The topological polar surface area (TPSA) is 6.48 Å². The van der Waals surface area contributed by atoms with Gasteiger partial charge in [0.25, 0.3) is 0 Å². The van der Waals surface area contributed by atoms with Gasteiger partial charge in [0.15, 0.2) is 0 Å². The van der Waals surface area contributed by atoms with Crippen LogP contribution in [0.4, 0.5) is 4.39 Å². The van der Waals surface area contributed by atoms with Gasteiger partial charge < -0.3 is 4.90 Å². The van der Waals surface area contributed by atoms with E-state index >= 15 is 0 Å². The Morgan fingerprint density at radius 1 is 1.05 bits per heavy atom. The summed E-state index contributed by atoms with van der Waals surface area (Å²) < 4.78 is 15.3. The molecule has 0 aliphatic rings. The molecule has 0 aromatic heterocycles. The minimum Gasteiger partial charge on any atom is -0.302 e. The SMILES string of the molecule is CCCN(CC)CCN(Sc1ccc(F)cc1)C(C)C. The zero-order chi connectivity index (χ0) is 15.0. The molecule has 2 nitrogen and oxygen atoms in total. The highest BCUT2D eigenvalue weighted by atomic mass is 32.2. The van der Waals surface area contributed by atoms with Crippen LogP contribution in [0.2, 0.25) is 0 Å². The molecule has 114 valence electrons. The second kappa shape index (κ2) is 9.37. The van der Waals surface area contributed by atoms with Gasteiger partial charge in [-0.3, -0.25) is 0 Å². The highest BCUT2D eigenvalue weighted by molar-refractivity contribution is 7.97. The summed E-state index contributed by atoms with van der Waals surface area (Å²) in [6.07, 6.45) is 1.20. The molecule has 0 saturated carbocycles. The number of halogens is 1. The van der Waals surface area contributed by atoms with Crippen LogP contribution in [0.1, 0.15) is 34.1 Å². The van der Waals surface area contributed by atoms with Crippen LogP contribution in [0.5, 0.6) is 0 Å². The van der Waals surface area contributed by atoms with Crippen LogP contribution >= 0.6 is 11.9 Å². The van der Waals surface area contributed by atoms with E-state index in [9.17, 15) is 4.39 Å². The maximum absolute atomic E-state index is 12.9. The largest absolute Gasteiger partial charge is 0.302 e. The third kappa shape index (κ3) is 6.25. The van der Waals surface area contributed by atoms with E-state index in [-0.39, 0.29) is 5.82 Å². The molecule has 1 rings (SSSR count). The van der Waals surface area contributed by atoms with E-state index in [1.807, 2.05) is 12.1 Å². The predicted octanol–water partition coefficient (Wildman–Crippen LogP) is 4.28. The van der Waals surface area contributed by atoms with Crippen LogP contribution in [-0.2, 0) is 0 Å². The Hall–Kier alpha value is -0.580. The molecule has 0 N–H and O–H groups in total. The molecule has 0 saturated heterocycles. The van der Waals surface area contributed by atoms with Crippen molar-refractivity contribution in [2.24, 2.45) is 0 Å². The number of hydrogen-bond donors (Lipinski definition) is 0. The molecule has 0 aliphatic carbocycles. The first kappa shape index (κ1) is 17.5. The molecule has 0 spiro atoms. The standard InChI is InChI=1S/C16H27FN2S/c1-5-11-18(6-2)12-13-19(14(3)4)20-16-9-7-15(17)8-10-16/h7-10,14H,5-6,11-13H2,1-4H3. The molecule has 0 bridgehead atoms. The van der Waals surface area contributed by atoms with Gasteiger partial charge in [-0.2, -0.15) is 0 Å². The Morgan fingerprint density at radius 3 is 2.20 bits per heavy atom. The van der Waals surface area contributed by atoms with E-state index in [2.05, 4.69) is 36.9 Å². The molecule has 0 fully saturated rings. The lowest BCUT2D eigenvalue weighted by atomic mass is 10.3. The molecule has 0 aliphatic heterocycles. The first-order chi connectivity index (χ1) is 9.56. The van der Waals surface area contributed by atoms with E-state index < -0.39 is 0 Å². The van der Waals surface area contributed by atoms with Crippen LogP contribution in [0, 0.1) is 5.82 Å². The Kier molecular flexibility index (Phi) is 8.19. The summed E-state index contributed by atoms with van der Waals surface area (Å²) in [5, 5.41) is 0. The summed E-state index contributed by atoms with van der Waals surface area (Å²) in [5.41, 5.74) is 0. The van der Waals surface area contributed by atoms with E-state index in [0.717, 1.165) is 31.1 Å². The maximum Gasteiger partial charge on any atom is 0.123 e. The Bertz CT molecular complexity index is 367. The van der Waals surface area contributed by atoms with Crippen molar-refractivity contribution in [3.8, 4) is 0 Å². The zero-order valence-electron chi connectivity index (χ0n) is 13.1. The van der Waals surface area contributed by atoms with Crippen molar-refractivity contribution >= 4 is 11.9 Å². The van der Waals surface area contributed by atoms with Crippen LogP contribution in [0.25, 0.3) is 0 Å². The number of likely N-dealkylation sites (N-methyl/N-ethyl adjacent to an activating group) is 1. The first-order valence-electron chi connectivity index (χ1n) is 7.49. The van der Waals surface area contributed by atoms with Gasteiger partial charge in [0, 0.05) is 24.0 Å². The molecular formula is C16H27FN2S. The third-order valence-corrected chi connectivity index (χ3v) is 4.56. The van der Waals surface area contributed by atoms with Crippen molar-refractivity contribution < 1.29 is 4.39 Å². The second-order valence-corrected chi connectivity index (χ2v) is 6.34. The Labute approximate surface area is 127 Å². The second-order valence-electron chi connectivity index (χ2n) is 5.21. The fourth-order valence-corrected chi connectivity index (χ4v) is 2.94. The summed E-state index contributed by atoms with van der Waals surface area (Å²) in [7, 11) is 0. The number of hydrogen-bond acceptors (Lipinski definition) is 3. The van der Waals surface area contributed by atoms with Crippen molar-refractivity contribution in [1.29, 1.82) is 0 Å². The highest BCUT2D eigenvalue weighted by Crippen LogP contribution is 2.24. The van der Waals surface area contributed by atoms with Gasteiger partial charge in [0.05, 0.1) is 0 Å². The van der Waals surface area contributed by atoms with Gasteiger partial charge in [-0.05, 0) is 69.6 Å². The van der Waals surface area contributed by atoms with Crippen LogP contribution < -0.4 is 0 Å². The number of rotatable bonds is 9. The third-order valence-electron chi connectivity index (χ3n) is 3.24. The lowest BCUT2D eigenvalue weighted by Crippen LogP contribution is -2.35. The molecule has 1 aromatic carbocycles. The van der Waals surface area contributed by atoms with Crippen LogP contribution in [0.15, 0.2) is 29.2 Å². The number of benzene rings is 1. The van der Waals surface area contributed by atoms with Crippen LogP contribution in [-0.4, -0.2) is 41.4 Å². The smallest absolute Gasteiger partial charge is 0.123 e. The van der Waals surface area contributed by atoms with E-state index in [1.165, 1.54) is 18.6 Å². The molecule has 0 atom stereocenters. The summed E-state index contributed by atoms with van der Waals surface area (Å²) in [5.74, 6) is -0.175. The van der Waals surface area contributed by atoms with Gasteiger partial charge in [-0.15, -0.1) is 0 Å². The highest BCUT2D eigenvalue weighted by Gasteiger charge is 2.13. The van der Waals surface area contributed by atoms with Crippen molar-refractivity contribution in [2.75, 3.05) is 26.2 Å². The summed E-state index contributed by atoms with van der Waals surface area (Å²) in [4.78, 5) is 3.57. The minimum atomic E-state index is -0.175. The van der Waals surface area contributed by atoms with Crippen LogP contribution in [0.3, 0.4) is 0 Å². The molecule has 0 unspecified atom stereocenters. The van der Waals surface area contributed by atoms with Crippen molar-refractivity contribution in [1.82, 2.24) is 9.21 Å². The molecule has 20 heavy (non-hydrogen) atoms. The summed E-state index contributed by atoms with van der Waals surface area (Å²) in [6.45, 7) is 13.2. The molecular weight excluding hydrogens is 271 g/mol. The van der Waals surface area contributed by atoms with Gasteiger partial charge >= 0.3 is 0 Å². The fraction of sp³-hybridized carbons (Fsp3) is 0.625. The average molecular weight is 298 g/mol. The minimum absolute atomic E-state index is 0.175. The molecule has 1 aromatic rings. The normalized spacial score (nSPS) is 11.8. The van der Waals surface area contributed by atoms with E-state index in [4.69, 9.17) is 0 Å². The molecule has 4 heteroatoms. The molecule has 0 radical (unpaired) electrons. The van der Waals surface area contributed by atoms with Gasteiger partial charge in [0.2, 0.25) is 0 Å². The average Bonchev–Trinajstić information content (AvgIpc) is 2.43. The van der Waals surface area contributed by atoms with Gasteiger partial charge in [0.1, 0.15) is 5.82 Å². The first-order valence-corrected chi connectivity index (χ1v) is 8.26. The summed E-state index contributed by atoms with van der Waals surface area (Å²) >= 11 is 1.72. The van der Waals surface area contributed by atoms with Gasteiger partial charge in [-0.1, -0.05) is 13.8 Å². The predicted molar refractivity (Wildman–Crippen MR) is 86.5 cm³/mol. The van der Waals surface area contributed by atoms with Crippen molar-refractivity contribution in [2.45, 2.75) is 45.1 Å². The quantitative estimate of drug-likeness (QED) is 0.628. The van der Waals surface area contributed by atoms with Crippen molar-refractivity contribution in [3.05, 3.63) is 30.1 Å². The fourth-order valence-electron chi connectivity index (χ4n) is 2.02.